The molecule has 0 aliphatic carbocycles. The fourth-order valence-electron chi connectivity index (χ4n) is 1.18. The van der Waals surface area contributed by atoms with Crippen LogP contribution in [0.2, 0.25) is 0 Å². The highest BCUT2D eigenvalue weighted by Crippen LogP contribution is 2.18. The molecule has 3 heteroatoms. The van der Waals surface area contributed by atoms with E-state index in [1.54, 1.807) is 0 Å². The van der Waals surface area contributed by atoms with Crippen LogP contribution in [0.25, 0.3) is 0 Å². The van der Waals surface area contributed by atoms with Crippen LogP contribution < -0.4 is 5.11 Å². The van der Waals surface area contributed by atoms with Gasteiger partial charge in [0.2, 0.25) is 0 Å². The SMILES string of the molecule is CC(C)(CC(=O)[O-])n1cccc1. The molecule has 0 aromatic carbocycles. The van der Waals surface area contributed by atoms with Gasteiger partial charge in [-0.2, -0.15) is 0 Å². The Morgan fingerprint density at radius 1 is 1.42 bits per heavy atom. The molecule has 0 N–H and O–H groups in total. The normalized spacial score (nSPS) is 11.5. The molecule has 1 aromatic heterocycles. The monoisotopic (exact) mass is 166 g/mol. The summed E-state index contributed by atoms with van der Waals surface area (Å²) in [6.45, 7) is 3.73. The molecule has 0 bridgehead atoms. The van der Waals surface area contributed by atoms with E-state index in [1.807, 2.05) is 42.9 Å². The summed E-state index contributed by atoms with van der Waals surface area (Å²) in [7, 11) is 0. The van der Waals surface area contributed by atoms with Crippen molar-refractivity contribution in [1.82, 2.24) is 4.57 Å². The molecular formula is C9H12NO2-. The largest absolute Gasteiger partial charge is 0.550 e. The average molecular weight is 166 g/mol. The molecule has 0 saturated carbocycles. The molecule has 1 heterocycles. The Hall–Kier alpha value is -1.25. The van der Waals surface area contributed by atoms with Gasteiger partial charge in [0.25, 0.3) is 0 Å². The molecule has 0 fully saturated rings. The van der Waals surface area contributed by atoms with Gasteiger partial charge in [0.15, 0.2) is 0 Å². The van der Waals surface area contributed by atoms with E-state index in [0.717, 1.165) is 0 Å². The molecule has 0 unspecified atom stereocenters. The van der Waals surface area contributed by atoms with Gasteiger partial charge in [-0.25, -0.2) is 0 Å². The zero-order valence-corrected chi connectivity index (χ0v) is 7.28. The minimum absolute atomic E-state index is 0.0294. The number of carbonyl (C=O) groups excluding carboxylic acids is 1. The van der Waals surface area contributed by atoms with Crippen LogP contribution >= 0.6 is 0 Å². The minimum atomic E-state index is -1.02. The van der Waals surface area contributed by atoms with Gasteiger partial charge in [-0.3, -0.25) is 0 Å². The first-order chi connectivity index (χ1) is 5.52. The van der Waals surface area contributed by atoms with Crippen LogP contribution in [0.3, 0.4) is 0 Å². The fraction of sp³-hybridized carbons (Fsp3) is 0.444. The van der Waals surface area contributed by atoms with Crippen molar-refractivity contribution in [1.29, 1.82) is 0 Å². The molecule has 0 spiro atoms. The van der Waals surface area contributed by atoms with E-state index in [0.29, 0.717) is 0 Å². The van der Waals surface area contributed by atoms with E-state index in [1.165, 1.54) is 0 Å². The third kappa shape index (κ3) is 1.87. The maximum atomic E-state index is 10.4. The first-order valence-electron chi connectivity index (χ1n) is 3.86. The highest BCUT2D eigenvalue weighted by molar-refractivity contribution is 5.65. The number of nitrogens with zero attached hydrogens (tertiary/aromatic N) is 1. The molecule has 0 aliphatic rings. The zero-order chi connectivity index (χ0) is 9.19. The van der Waals surface area contributed by atoms with Crippen molar-refractivity contribution < 1.29 is 9.90 Å². The predicted molar refractivity (Wildman–Crippen MR) is 43.4 cm³/mol. The number of carbonyl (C=O) groups is 1. The van der Waals surface area contributed by atoms with E-state index < -0.39 is 11.5 Å². The third-order valence-corrected chi connectivity index (χ3v) is 1.88. The highest BCUT2D eigenvalue weighted by Gasteiger charge is 2.18. The molecule has 12 heavy (non-hydrogen) atoms. The molecule has 3 nitrogen and oxygen atoms in total. The maximum Gasteiger partial charge on any atom is 0.0437 e. The first kappa shape index (κ1) is 8.84. The Balaban J connectivity index is 2.79. The summed E-state index contributed by atoms with van der Waals surface area (Å²) in [6, 6.07) is 3.74. The molecule has 0 amide bonds. The first-order valence-corrected chi connectivity index (χ1v) is 3.86. The number of carboxylic acids is 1. The van der Waals surface area contributed by atoms with Gasteiger partial charge in [0, 0.05) is 30.3 Å². The molecule has 0 atom stereocenters. The topological polar surface area (TPSA) is 45.1 Å². The highest BCUT2D eigenvalue weighted by atomic mass is 16.4. The van der Waals surface area contributed by atoms with E-state index in [2.05, 4.69) is 0 Å². The Morgan fingerprint density at radius 2 is 1.92 bits per heavy atom. The van der Waals surface area contributed by atoms with Crippen molar-refractivity contribution in [2.75, 3.05) is 0 Å². The van der Waals surface area contributed by atoms with Crippen molar-refractivity contribution in [3.05, 3.63) is 24.5 Å². The van der Waals surface area contributed by atoms with Gasteiger partial charge in [0.1, 0.15) is 0 Å². The van der Waals surface area contributed by atoms with Gasteiger partial charge in [-0.1, -0.05) is 0 Å². The van der Waals surface area contributed by atoms with Crippen LogP contribution in [0.1, 0.15) is 20.3 Å². The van der Waals surface area contributed by atoms with E-state index >= 15 is 0 Å². The van der Waals surface area contributed by atoms with Crippen LogP contribution in [0.5, 0.6) is 0 Å². The molecular weight excluding hydrogens is 154 g/mol. The lowest BCUT2D eigenvalue weighted by atomic mass is 10.0. The molecule has 0 radical (unpaired) electrons. The lowest BCUT2D eigenvalue weighted by molar-refractivity contribution is -0.307. The number of hydrogen-bond acceptors (Lipinski definition) is 2. The maximum absolute atomic E-state index is 10.4. The van der Waals surface area contributed by atoms with Crippen LogP contribution in [-0.4, -0.2) is 10.5 Å². The molecule has 66 valence electrons. The smallest absolute Gasteiger partial charge is 0.0437 e. The Bertz CT molecular complexity index is 262. The second-order valence-electron chi connectivity index (χ2n) is 3.45. The second-order valence-corrected chi connectivity index (χ2v) is 3.45. The summed E-state index contributed by atoms with van der Waals surface area (Å²) in [6.07, 6.45) is 3.73. The van der Waals surface area contributed by atoms with Crippen molar-refractivity contribution in [2.45, 2.75) is 25.8 Å². The summed E-state index contributed by atoms with van der Waals surface area (Å²) >= 11 is 0. The molecule has 0 saturated heterocycles. The van der Waals surface area contributed by atoms with Gasteiger partial charge >= 0.3 is 0 Å². The average Bonchev–Trinajstić information content (AvgIpc) is 2.32. The molecule has 1 rings (SSSR count). The molecule has 0 aliphatic heterocycles. The quantitative estimate of drug-likeness (QED) is 0.651. The Morgan fingerprint density at radius 3 is 2.33 bits per heavy atom. The summed E-state index contributed by atoms with van der Waals surface area (Å²) in [5.74, 6) is -1.02. The van der Waals surface area contributed by atoms with Gasteiger partial charge < -0.3 is 14.5 Å². The fourth-order valence-corrected chi connectivity index (χ4v) is 1.18. The number of aliphatic carboxylic acids is 1. The third-order valence-electron chi connectivity index (χ3n) is 1.88. The zero-order valence-electron chi connectivity index (χ0n) is 7.28. The van der Waals surface area contributed by atoms with Gasteiger partial charge in [-0.15, -0.1) is 0 Å². The van der Waals surface area contributed by atoms with Crippen LogP contribution in [0.4, 0.5) is 0 Å². The standard InChI is InChI=1S/C9H13NO2/c1-9(2,7-8(11)12)10-5-3-4-6-10/h3-6H,7H2,1-2H3,(H,11,12)/p-1. The van der Waals surface area contributed by atoms with Crippen LogP contribution in [-0.2, 0) is 10.3 Å². The van der Waals surface area contributed by atoms with E-state index in [9.17, 15) is 9.90 Å². The number of carboxylic acid groups (broad SMARTS) is 1. The van der Waals surface area contributed by atoms with Gasteiger partial charge in [-0.05, 0) is 26.0 Å². The van der Waals surface area contributed by atoms with Gasteiger partial charge in [0.05, 0.1) is 0 Å². The van der Waals surface area contributed by atoms with Crippen molar-refractivity contribution in [2.24, 2.45) is 0 Å². The van der Waals surface area contributed by atoms with Crippen molar-refractivity contribution in [3.8, 4) is 0 Å². The summed E-state index contributed by atoms with van der Waals surface area (Å²) in [4.78, 5) is 10.4. The van der Waals surface area contributed by atoms with Crippen LogP contribution in [0, 0.1) is 0 Å². The van der Waals surface area contributed by atoms with E-state index in [4.69, 9.17) is 0 Å². The summed E-state index contributed by atoms with van der Waals surface area (Å²) < 4.78 is 1.86. The lowest BCUT2D eigenvalue weighted by Crippen LogP contribution is -2.34. The Labute approximate surface area is 71.6 Å². The van der Waals surface area contributed by atoms with Crippen molar-refractivity contribution >= 4 is 5.97 Å². The molecule has 1 aromatic rings. The van der Waals surface area contributed by atoms with Crippen molar-refractivity contribution in [3.63, 3.8) is 0 Å². The second kappa shape index (κ2) is 3.01. The van der Waals surface area contributed by atoms with E-state index in [-0.39, 0.29) is 6.42 Å². The summed E-state index contributed by atoms with van der Waals surface area (Å²) in [5.41, 5.74) is -0.400. The number of rotatable bonds is 3. The summed E-state index contributed by atoms with van der Waals surface area (Å²) in [5, 5.41) is 10.4. The minimum Gasteiger partial charge on any atom is -0.550 e. The Kier molecular flexibility index (Phi) is 2.22. The lowest BCUT2D eigenvalue weighted by Gasteiger charge is -2.27. The van der Waals surface area contributed by atoms with Crippen LogP contribution in [0.15, 0.2) is 24.5 Å². The predicted octanol–water partition coefficient (Wildman–Crippen LogP) is 0.363. The number of hydrogen-bond donors (Lipinski definition) is 0. The number of aromatic nitrogens is 1.